The summed E-state index contributed by atoms with van der Waals surface area (Å²) in [5, 5.41) is 10.6. The minimum absolute atomic E-state index is 0.00750. The maximum atomic E-state index is 12.9. The van der Waals surface area contributed by atoms with Crippen LogP contribution in [0.3, 0.4) is 0 Å². The monoisotopic (exact) mass is 540 g/mol. The number of fused-ring (bicyclic) bond motifs is 7. The molecule has 10 atom stereocenters. The first-order chi connectivity index (χ1) is 18.0. The maximum Gasteiger partial charge on any atom is 0.310 e. The molecule has 0 spiro atoms. The van der Waals surface area contributed by atoms with E-state index in [1.54, 1.807) is 0 Å². The van der Waals surface area contributed by atoms with Gasteiger partial charge in [0, 0.05) is 11.8 Å². The predicted molar refractivity (Wildman–Crippen MR) is 156 cm³/mol. The van der Waals surface area contributed by atoms with Crippen LogP contribution in [0.15, 0.2) is 11.6 Å². The van der Waals surface area contributed by atoms with E-state index in [1.807, 2.05) is 0 Å². The van der Waals surface area contributed by atoms with Crippen molar-refractivity contribution < 1.29 is 19.4 Å². The fraction of sp³-hybridized carbons (Fsp3) is 0.886. The van der Waals surface area contributed by atoms with Crippen molar-refractivity contribution in [2.45, 2.75) is 133 Å². The van der Waals surface area contributed by atoms with Crippen LogP contribution in [0.1, 0.15) is 127 Å². The second-order valence-electron chi connectivity index (χ2n) is 16.5. The van der Waals surface area contributed by atoms with Crippen LogP contribution in [0.25, 0.3) is 0 Å². The number of allylic oxidation sites excluding steroid dienone is 2. The highest BCUT2D eigenvalue weighted by atomic mass is 16.5. The third-order valence-electron chi connectivity index (χ3n) is 14.2. The van der Waals surface area contributed by atoms with Crippen molar-refractivity contribution >= 4 is 11.9 Å². The zero-order chi connectivity index (χ0) is 28.8. The molecule has 5 aliphatic rings. The Morgan fingerprint density at radius 1 is 0.949 bits per heavy atom. The normalized spacial score (nSPS) is 48.6. The second kappa shape index (κ2) is 9.35. The minimum atomic E-state index is -0.582. The number of hydrogen-bond donors (Lipinski definition) is 1. The van der Waals surface area contributed by atoms with Gasteiger partial charge in [-0.25, -0.2) is 0 Å². The summed E-state index contributed by atoms with van der Waals surface area (Å²) in [5.41, 5.74) is 1.27. The fourth-order valence-electron chi connectivity index (χ4n) is 11.6. The Morgan fingerprint density at radius 2 is 1.64 bits per heavy atom. The molecular formula is C35H56O4. The standard InChI is InChI=1S/C35H56O4/c1-21(2)20-28(36)39-27-14-15-32(7)25(31(27,5)6)13-16-34(9)26(32)11-10-24-29-23(4)22(3)12-17-35(29,30(37)38)19-18-33(24,34)8/h10,21-23,25-27,29H,11-20H2,1-9H3,(H,37,38)/t22-,23+,25+,26-,27+,29+,32+,33-,34-,35+/m1/s1. The number of carbonyl (C=O) groups excluding carboxylic acids is 1. The van der Waals surface area contributed by atoms with Gasteiger partial charge in [0.25, 0.3) is 0 Å². The second-order valence-corrected chi connectivity index (χ2v) is 16.5. The van der Waals surface area contributed by atoms with Crippen LogP contribution in [0.4, 0.5) is 0 Å². The van der Waals surface area contributed by atoms with Crippen LogP contribution in [-0.4, -0.2) is 23.1 Å². The van der Waals surface area contributed by atoms with Crippen molar-refractivity contribution in [3.63, 3.8) is 0 Å². The number of esters is 1. The summed E-state index contributed by atoms with van der Waals surface area (Å²) in [6.45, 7) is 21.2. The van der Waals surface area contributed by atoms with Crippen molar-refractivity contribution in [3.05, 3.63) is 11.6 Å². The Balaban J connectivity index is 1.50. The molecule has 0 saturated heterocycles. The van der Waals surface area contributed by atoms with E-state index >= 15 is 0 Å². The van der Waals surface area contributed by atoms with Crippen molar-refractivity contribution in [1.29, 1.82) is 0 Å². The molecular weight excluding hydrogens is 484 g/mol. The molecule has 5 aliphatic carbocycles. The van der Waals surface area contributed by atoms with E-state index in [0.29, 0.717) is 36.0 Å². The molecule has 1 N–H and O–H groups in total. The van der Waals surface area contributed by atoms with Gasteiger partial charge in [0.2, 0.25) is 0 Å². The van der Waals surface area contributed by atoms with Gasteiger partial charge in [0.1, 0.15) is 6.10 Å². The number of carbonyl (C=O) groups is 2. The first-order valence-electron chi connectivity index (χ1n) is 16.2. The lowest BCUT2D eigenvalue weighted by atomic mass is 9.33. The lowest BCUT2D eigenvalue weighted by Gasteiger charge is -2.71. The van der Waals surface area contributed by atoms with Gasteiger partial charge >= 0.3 is 11.9 Å². The van der Waals surface area contributed by atoms with E-state index in [2.05, 4.69) is 68.4 Å². The van der Waals surface area contributed by atoms with Crippen LogP contribution in [0, 0.1) is 62.6 Å². The maximum absolute atomic E-state index is 12.9. The fourth-order valence-corrected chi connectivity index (χ4v) is 11.6. The first kappa shape index (κ1) is 29.2. The highest BCUT2D eigenvalue weighted by Crippen LogP contribution is 2.75. The molecule has 0 heterocycles. The number of carboxylic acids is 1. The van der Waals surface area contributed by atoms with Crippen LogP contribution in [0.2, 0.25) is 0 Å². The van der Waals surface area contributed by atoms with Gasteiger partial charge in [0.05, 0.1) is 5.41 Å². The molecule has 220 valence electrons. The van der Waals surface area contributed by atoms with Crippen LogP contribution in [0.5, 0.6) is 0 Å². The van der Waals surface area contributed by atoms with Crippen molar-refractivity contribution in [1.82, 2.24) is 0 Å². The molecule has 5 rings (SSSR count). The van der Waals surface area contributed by atoms with Crippen molar-refractivity contribution in [2.24, 2.45) is 62.6 Å². The molecule has 4 fully saturated rings. The third kappa shape index (κ3) is 3.95. The zero-order valence-electron chi connectivity index (χ0n) is 26.4. The number of aliphatic carboxylic acids is 1. The molecule has 0 aromatic heterocycles. The summed E-state index contributed by atoms with van der Waals surface area (Å²) in [6, 6.07) is 0. The topological polar surface area (TPSA) is 63.6 Å². The lowest BCUT2D eigenvalue weighted by molar-refractivity contribution is -0.214. The Hall–Kier alpha value is -1.32. The molecule has 0 radical (unpaired) electrons. The quantitative estimate of drug-likeness (QED) is 0.286. The number of carboxylic acid groups (broad SMARTS) is 1. The van der Waals surface area contributed by atoms with Crippen LogP contribution >= 0.6 is 0 Å². The minimum Gasteiger partial charge on any atom is -0.481 e. The smallest absolute Gasteiger partial charge is 0.310 e. The van der Waals surface area contributed by atoms with Crippen molar-refractivity contribution in [3.8, 4) is 0 Å². The van der Waals surface area contributed by atoms with Gasteiger partial charge in [-0.3, -0.25) is 9.59 Å². The SMILES string of the molecule is CC(C)CC(=O)O[C@H]1CC[C@]2(C)[C@H]3CC=C4[C@@H]5[C@@H](C)[C@H](C)CC[C@]5(C(=O)O)CC[C@@]4(C)[C@]3(C)CC[C@H]2C1(C)C. The zero-order valence-corrected chi connectivity index (χ0v) is 26.4. The molecule has 0 aromatic rings. The third-order valence-corrected chi connectivity index (χ3v) is 14.2. The molecule has 0 aliphatic heterocycles. The first-order valence-corrected chi connectivity index (χ1v) is 16.2. The van der Waals surface area contributed by atoms with Crippen molar-refractivity contribution in [2.75, 3.05) is 0 Å². The lowest BCUT2D eigenvalue weighted by Crippen LogP contribution is -2.65. The summed E-state index contributed by atoms with van der Waals surface area (Å²) in [7, 11) is 0. The van der Waals surface area contributed by atoms with Crippen LogP contribution < -0.4 is 0 Å². The molecule has 0 bridgehead atoms. The summed E-state index contributed by atoms with van der Waals surface area (Å²) in [6.07, 6.45) is 12.2. The molecule has 4 heteroatoms. The van der Waals surface area contributed by atoms with E-state index in [4.69, 9.17) is 4.74 Å². The van der Waals surface area contributed by atoms with E-state index in [9.17, 15) is 14.7 Å². The molecule has 39 heavy (non-hydrogen) atoms. The number of rotatable bonds is 4. The van der Waals surface area contributed by atoms with Gasteiger partial charge in [-0.2, -0.15) is 0 Å². The Bertz CT molecular complexity index is 1040. The summed E-state index contributed by atoms with van der Waals surface area (Å²) < 4.78 is 6.19. The Labute approximate surface area is 238 Å². The molecule has 0 amide bonds. The predicted octanol–water partition coefficient (Wildman–Crippen LogP) is 8.69. The van der Waals surface area contributed by atoms with Gasteiger partial charge in [0.15, 0.2) is 0 Å². The summed E-state index contributed by atoms with van der Waals surface area (Å²) in [4.78, 5) is 25.6. The number of hydrogen-bond acceptors (Lipinski definition) is 3. The van der Waals surface area contributed by atoms with E-state index in [0.717, 1.165) is 51.4 Å². The molecule has 0 unspecified atom stereocenters. The van der Waals surface area contributed by atoms with E-state index < -0.39 is 11.4 Å². The van der Waals surface area contributed by atoms with Gasteiger partial charge in [-0.15, -0.1) is 0 Å². The van der Waals surface area contributed by atoms with E-state index in [-0.39, 0.29) is 39.7 Å². The van der Waals surface area contributed by atoms with E-state index in [1.165, 1.54) is 12.0 Å². The van der Waals surface area contributed by atoms with Crippen LogP contribution in [-0.2, 0) is 14.3 Å². The van der Waals surface area contributed by atoms with Gasteiger partial charge in [-0.05, 0) is 110 Å². The highest BCUT2D eigenvalue weighted by Gasteiger charge is 2.69. The average Bonchev–Trinajstić information content (AvgIpc) is 2.83. The largest absolute Gasteiger partial charge is 0.481 e. The summed E-state index contributed by atoms with van der Waals surface area (Å²) >= 11 is 0. The van der Waals surface area contributed by atoms with Gasteiger partial charge in [-0.1, -0.05) is 74.0 Å². The van der Waals surface area contributed by atoms with Gasteiger partial charge < -0.3 is 9.84 Å². The highest BCUT2D eigenvalue weighted by molar-refractivity contribution is 5.76. The summed E-state index contributed by atoms with van der Waals surface area (Å²) in [5.74, 6) is 1.95. The molecule has 0 aromatic carbocycles. The Morgan fingerprint density at radius 3 is 2.28 bits per heavy atom. The molecule has 4 nitrogen and oxygen atoms in total. The Kier molecular flexibility index (Phi) is 6.99. The number of ether oxygens (including phenoxy) is 1. The average molecular weight is 541 g/mol. The molecule has 4 saturated carbocycles.